The second-order valence-electron chi connectivity index (χ2n) is 5.85. The summed E-state index contributed by atoms with van der Waals surface area (Å²) in [5.41, 5.74) is 3.02. The summed E-state index contributed by atoms with van der Waals surface area (Å²) >= 11 is 4.81. The summed E-state index contributed by atoms with van der Waals surface area (Å²) in [5.74, 6) is 1.14. The predicted molar refractivity (Wildman–Crippen MR) is 110 cm³/mol. The first-order valence-corrected chi connectivity index (χ1v) is 9.74. The molecule has 1 amide bonds. The zero-order valence-electron chi connectivity index (χ0n) is 15.1. The van der Waals surface area contributed by atoms with Gasteiger partial charge < -0.3 is 9.47 Å². The lowest BCUT2D eigenvalue weighted by Crippen LogP contribution is -2.20. The molecule has 1 heterocycles. The lowest BCUT2D eigenvalue weighted by Gasteiger charge is -2.09. The fourth-order valence-electron chi connectivity index (χ4n) is 2.42. The first kappa shape index (κ1) is 19.3. The van der Waals surface area contributed by atoms with Gasteiger partial charge in [-0.25, -0.2) is 0 Å². The number of nitrogens with one attached hydrogen (secondary N) is 1. The van der Waals surface area contributed by atoms with Crippen molar-refractivity contribution in [3.63, 3.8) is 0 Å². The Bertz CT molecular complexity index is 934. The van der Waals surface area contributed by atoms with Crippen LogP contribution in [0, 0.1) is 13.8 Å². The van der Waals surface area contributed by atoms with Crippen molar-refractivity contribution in [1.82, 2.24) is 10.2 Å². The van der Waals surface area contributed by atoms with E-state index in [1.165, 1.54) is 11.3 Å². The van der Waals surface area contributed by atoms with Gasteiger partial charge in [-0.1, -0.05) is 27.3 Å². The summed E-state index contributed by atoms with van der Waals surface area (Å²) in [4.78, 5) is 12.1. The normalized spacial score (nSPS) is 10.5. The Morgan fingerprint density at radius 2 is 1.78 bits per heavy atom. The lowest BCUT2D eigenvalue weighted by molar-refractivity contribution is -0.118. The van der Waals surface area contributed by atoms with Gasteiger partial charge in [0, 0.05) is 10.0 Å². The maximum atomic E-state index is 12.1. The Labute approximate surface area is 169 Å². The van der Waals surface area contributed by atoms with E-state index in [4.69, 9.17) is 9.47 Å². The van der Waals surface area contributed by atoms with Gasteiger partial charge in [-0.2, -0.15) is 0 Å². The Kier molecular flexibility index (Phi) is 6.08. The molecule has 140 valence electrons. The quantitative estimate of drug-likeness (QED) is 0.596. The first-order chi connectivity index (χ1) is 13.0. The molecule has 0 saturated carbocycles. The van der Waals surface area contributed by atoms with E-state index in [9.17, 15) is 4.79 Å². The van der Waals surface area contributed by atoms with Crippen LogP contribution in [0.2, 0.25) is 0 Å². The highest BCUT2D eigenvalue weighted by molar-refractivity contribution is 9.10. The Hall–Kier alpha value is -2.45. The van der Waals surface area contributed by atoms with E-state index in [0.717, 1.165) is 26.9 Å². The van der Waals surface area contributed by atoms with Crippen molar-refractivity contribution < 1.29 is 14.3 Å². The number of hydrogen-bond acceptors (Lipinski definition) is 6. The van der Waals surface area contributed by atoms with Gasteiger partial charge in [-0.15, -0.1) is 10.2 Å². The van der Waals surface area contributed by atoms with Crippen LogP contribution in [0.5, 0.6) is 11.5 Å². The molecule has 0 atom stereocenters. The number of benzene rings is 2. The molecule has 0 fully saturated rings. The minimum Gasteiger partial charge on any atom is -0.497 e. The molecule has 0 aliphatic carbocycles. The van der Waals surface area contributed by atoms with E-state index in [1.54, 1.807) is 7.11 Å². The van der Waals surface area contributed by atoms with Crippen molar-refractivity contribution >= 4 is 38.3 Å². The van der Waals surface area contributed by atoms with Crippen molar-refractivity contribution in [2.45, 2.75) is 13.8 Å². The number of carbonyl (C=O) groups excluding carboxylic acids is 1. The van der Waals surface area contributed by atoms with Crippen LogP contribution in [0.3, 0.4) is 0 Å². The smallest absolute Gasteiger partial charge is 0.264 e. The number of nitrogens with zero attached hydrogens (tertiary/aromatic N) is 2. The lowest BCUT2D eigenvalue weighted by atomic mass is 10.1. The molecule has 1 N–H and O–H groups in total. The summed E-state index contributed by atoms with van der Waals surface area (Å²) in [6.07, 6.45) is 0. The van der Waals surface area contributed by atoms with Gasteiger partial charge in [-0.3, -0.25) is 10.1 Å². The molecular weight excluding hydrogens is 430 g/mol. The number of amides is 1. The molecule has 0 unspecified atom stereocenters. The van der Waals surface area contributed by atoms with Gasteiger partial charge in [0.1, 0.15) is 16.5 Å². The molecule has 0 saturated heterocycles. The third kappa shape index (κ3) is 4.84. The van der Waals surface area contributed by atoms with Crippen LogP contribution in [-0.2, 0) is 4.79 Å². The molecule has 2 aromatic carbocycles. The van der Waals surface area contributed by atoms with E-state index in [2.05, 4.69) is 31.4 Å². The van der Waals surface area contributed by atoms with Gasteiger partial charge in [0.15, 0.2) is 6.61 Å². The Morgan fingerprint density at radius 1 is 1.11 bits per heavy atom. The predicted octanol–water partition coefficient (Wildman–Crippen LogP) is 4.61. The molecular formula is C19H18BrN3O3S. The van der Waals surface area contributed by atoms with E-state index >= 15 is 0 Å². The standard InChI is InChI=1S/C19H18BrN3O3S/c1-11-8-15(9-12(2)17(11)20)26-10-16(24)21-19-23-22-18(27-19)13-4-6-14(25-3)7-5-13/h4-9H,10H2,1-3H3,(H,21,23,24). The van der Waals surface area contributed by atoms with E-state index in [1.807, 2.05) is 50.2 Å². The van der Waals surface area contributed by atoms with E-state index in [0.29, 0.717) is 15.9 Å². The molecule has 0 bridgehead atoms. The molecule has 1 aromatic heterocycles. The van der Waals surface area contributed by atoms with Crippen molar-refractivity contribution in [2.75, 3.05) is 19.0 Å². The second-order valence-corrected chi connectivity index (χ2v) is 7.62. The zero-order chi connectivity index (χ0) is 19.4. The van der Waals surface area contributed by atoms with E-state index in [-0.39, 0.29) is 12.5 Å². The van der Waals surface area contributed by atoms with Crippen LogP contribution in [0.1, 0.15) is 11.1 Å². The van der Waals surface area contributed by atoms with Crippen LogP contribution in [0.15, 0.2) is 40.9 Å². The molecule has 0 aliphatic heterocycles. The monoisotopic (exact) mass is 447 g/mol. The minimum absolute atomic E-state index is 0.0992. The molecule has 8 heteroatoms. The molecule has 0 spiro atoms. The highest BCUT2D eigenvalue weighted by atomic mass is 79.9. The number of methoxy groups -OCH3 is 1. The third-order valence-electron chi connectivity index (χ3n) is 3.79. The largest absolute Gasteiger partial charge is 0.497 e. The van der Waals surface area contributed by atoms with Crippen molar-refractivity contribution in [3.8, 4) is 22.1 Å². The maximum Gasteiger partial charge on any atom is 0.264 e. The molecule has 3 rings (SSSR count). The highest BCUT2D eigenvalue weighted by Crippen LogP contribution is 2.28. The van der Waals surface area contributed by atoms with Crippen LogP contribution in [-0.4, -0.2) is 29.8 Å². The Morgan fingerprint density at radius 3 is 2.41 bits per heavy atom. The van der Waals surface area contributed by atoms with Crippen molar-refractivity contribution in [2.24, 2.45) is 0 Å². The van der Waals surface area contributed by atoms with Gasteiger partial charge in [-0.05, 0) is 61.4 Å². The van der Waals surface area contributed by atoms with Crippen LogP contribution in [0.4, 0.5) is 5.13 Å². The second kappa shape index (κ2) is 8.49. The fourth-order valence-corrected chi connectivity index (χ4v) is 3.41. The van der Waals surface area contributed by atoms with Crippen molar-refractivity contribution in [3.05, 3.63) is 52.0 Å². The molecule has 0 radical (unpaired) electrons. The molecule has 27 heavy (non-hydrogen) atoms. The fraction of sp³-hybridized carbons (Fsp3) is 0.211. The zero-order valence-corrected chi connectivity index (χ0v) is 17.5. The first-order valence-electron chi connectivity index (χ1n) is 8.13. The number of hydrogen-bond donors (Lipinski definition) is 1. The Balaban J connectivity index is 1.59. The number of aromatic nitrogens is 2. The number of carbonyl (C=O) groups is 1. The SMILES string of the molecule is COc1ccc(-c2nnc(NC(=O)COc3cc(C)c(Br)c(C)c3)s2)cc1. The summed E-state index contributed by atoms with van der Waals surface area (Å²) < 4.78 is 11.8. The number of aryl methyl sites for hydroxylation is 2. The summed E-state index contributed by atoms with van der Waals surface area (Å²) in [6.45, 7) is 3.86. The molecule has 0 aliphatic rings. The van der Waals surface area contributed by atoms with Crippen LogP contribution >= 0.6 is 27.3 Å². The van der Waals surface area contributed by atoms with Gasteiger partial charge >= 0.3 is 0 Å². The molecule has 6 nitrogen and oxygen atoms in total. The summed E-state index contributed by atoms with van der Waals surface area (Å²) in [7, 11) is 1.62. The number of anilines is 1. The maximum absolute atomic E-state index is 12.1. The minimum atomic E-state index is -0.286. The summed E-state index contributed by atoms with van der Waals surface area (Å²) in [5, 5.41) is 12.0. The van der Waals surface area contributed by atoms with Crippen LogP contribution in [0.25, 0.3) is 10.6 Å². The average Bonchev–Trinajstić information content (AvgIpc) is 3.12. The van der Waals surface area contributed by atoms with Crippen LogP contribution < -0.4 is 14.8 Å². The average molecular weight is 448 g/mol. The van der Waals surface area contributed by atoms with Gasteiger partial charge in [0.25, 0.3) is 5.91 Å². The molecule has 3 aromatic rings. The third-order valence-corrected chi connectivity index (χ3v) is 5.93. The number of ether oxygens (including phenoxy) is 2. The number of rotatable bonds is 6. The summed E-state index contributed by atoms with van der Waals surface area (Å²) in [6, 6.07) is 11.3. The number of halogens is 1. The van der Waals surface area contributed by atoms with E-state index < -0.39 is 0 Å². The van der Waals surface area contributed by atoms with Gasteiger partial charge in [0.2, 0.25) is 5.13 Å². The topological polar surface area (TPSA) is 73.3 Å². The van der Waals surface area contributed by atoms with Crippen molar-refractivity contribution in [1.29, 1.82) is 0 Å². The highest BCUT2D eigenvalue weighted by Gasteiger charge is 2.11. The van der Waals surface area contributed by atoms with Gasteiger partial charge in [0.05, 0.1) is 7.11 Å².